The SMILES string of the molecule is CCCc1nc2ccccc2n1Cc1ccc2c(c1)COc1ccc(F)cc1/C2=C(\C)c1noc(=O)[nH]1. The molecule has 1 aliphatic rings. The first kappa shape index (κ1) is 23.0. The minimum absolute atomic E-state index is 0.293. The minimum atomic E-state index is -0.648. The summed E-state index contributed by atoms with van der Waals surface area (Å²) in [5, 5.41) is 3.87. The molecule has 2 aromatic heterocycles. The lowest BCUT2D eigenvalue weighted by Gasteiger charge is -2.15. The van der Waals surface area contributed by atoms with E-state index >= 15 is 0 Å². The molecule has 0 saturated heterocycles. The van der Waals surface area contributed by atoms with Crippen LogP contribution in [0.4, 0.5) is 4.39 Å². The average molecular weight is 497 g/mol. The molecule has 3 heterocycles. The number of aryl methyl sites for hydroxylation is 1. The van der Waals surface area contributed by atoms with Crippen LogP contribution in [0.2, 0.25) is 0 Å². The lowest BCUT2D eigenvalue weighted by molar-refractivity contribution is 0.306. The first-order valence-electron chi connectivity index (χ1n) is 12.3. The summed E-state index contributed by atoms with van der Waals surface area (Å²) in [6.45, 7) is 4.97. The van der Waals surface area contributed by atoms with E-state index in [1.165, 1.54) is 12.1 Å². The second-order valence-corrected chi connectivity index (χ2v) is 9.22. The van der Waals surface area contributed by atoms with Crippen LogP contribution in [0.3, 0.4) is 0 Å². The summed E-state index contributed by atoms with van der Waals surface area (Å²) in [5.41, 5.74) is 7.02. The predicted octanol–water partition coefficient (Wildman–Crippen LogP) is 5.72. The van der Waals surface area contributed by atoms with Gasteiger partial charge in [-0.05, 0) is 72.0 Å². The molecule has 186 valence electrons. The molecular weight excluding hydrogens is 471 g/mol. The van der Waals surface area contributed by atoms with Gasteiger partial charge in [-0.1, -0.05) is 36.3 Å². The van der Waals surface area contributed by atoms with Gasteiger partial charge in [-0.3, -0.25) is 9.51 Å². The standard InChI is InChI=1S/C29H25FN4O3/c1-3-6-26-31-23-7-4-5-8-24(23)34(26)15-18-9-11-21-19(13-18)16-36-25-12-10-20(30)14-22(25)27(21)17(2)28-32-29(35)37-33-28/h4-5,7-14H,3,6,15-16H2,1-2H3,(H,32,33,35)/b27-17+. The number of ether oxygens (including phenoxy) is 1. The molecule has 0 bridgehead atoms. The molecule has 8 heteroatoms. The summed E-state index contributed by atoms with van der Waals surface area (Å²) in [6.07, 6.45) is 1.90. The number of H-pyrrole nitrogens is 1. The topological polar surface area (TPSA) is 85.9 Å². The smallest absolute Gasteiger partial charge is 0.439 e. The number of rotatable bonds is 5. The van der Waals surface area contributed by atoms with E-state index < -0.39 is 5.76 Å². The molecule has 0 unspecified atom stereocenters. The van der Waals surface area contributed by atoms with Crippen LogP contribution in [0.15, 0.2) is 70.0 Å². The Morgan fingerprint density at radius 3 is 2.78 bits per heavy atom. The van der Waals surface area contributed by atoms with Crippen molar-refractivity contribution in [3.05, 3.63) is 111 Å². The van der Waals surface area contributed by atoms with Crippen molar-refractivity contribution in [2.24, 2.45) is 0 Å². The Labute approximate surface area is 212 Å². The van der Waals surface area contributed by atoms with E-state index in [0.29, 0.717) is 35.9 Å². The molecular formula is C29H25FN4O3. The van der Waals surface area contributed by atoms with E-state index in [0.717, 1.165) is 52.0 Å². The zero-order valence-electron chi connectivity index (χ0n) is 20.5. The Morgan fingerprint density at radius 1 is 1.11 bits per heavy atom. The number of hydrogen-bond acceptors (Lipinski definition) is 5. The quantitative estimate of drug-likeness (QED) is 0.336. The number of aromatic nitrogens is 4. The van der Waals surface area contributed by atoms with Gasteiger partial charge < -0.3 is 9.30 Å². The highest BCUT2D eigenvalue weighted by molar-refractivity contribution is 5.99. The second kappa shape index (κ2) is 9.20. The van der Waals surface area contributed by atoms with Crippen molar-refractivity contribution >= 4 is 22.2 Å². The van der Waals surface area contributed by atoms with E-state index in [1.807, 2.05) is 31.2 Å². The third-order valence-electron chi connectivity index (χ3n) is 6.75. The first-order chi connectivity index (χ1) is 18.0. The predicted molar refractivity (Wildman–Crippen MR) is 139 cm³/mol. The van der Waals surface area contributed by atoms with Crippen LogP contribution in [0, 0.1) is 5.82 Å². The Balaban J connectivity index is 1.49. The van der Waals surface area contributed by atoms with Crippen LogP contribution in [-0.4, -0.2) is 19.7 Å². The number of para-hydroxylation sites is 2. The van der Waals surface area contributed by atoms with Crippen LogP contribution in [-0.2, 0) is 19.6 Å². The molecule has 1 N–H and O–H groups in total. The van der Waals surface area contributed by atoms with Crippen molar-refractivity contribution in [2.75, 3.05) is 0 Å². The fourth-order valence-corrected chi connectivity index (χ4v) is 5.05. The van der Waals surface area contributed by atoms with Gasteiger partial charge in [0.05, 0.1) is 11.0 Å². The molecule has 0 amide bonds. The van der Waals surface area contributed by atoms with Crippen molar-refractivity contribution < 1.29 is 13.7 Å². The fraction of sp³-hybridized carbons (Fsp3) is 0.207. The van der Waals surface area contributed by atoms with Crippen LogP contribution in [0.25, 0.3) is 22.2 Å². The van der Waals surface area contributed by atoms with Crippen molar-refractivity contribution in [2.45, 2.75) is 39.8 Å². The lowest BCUT2D eigenvalue weighted by atomic mass is 9.89. The van der Waals surface area contributed by atoms with Gasteiger partial charge in [0, 0.05) is 24.1 Å². The van der Waals surface area contributed by atoms with Crippen LogP contribution < -0.4 is 10.5 Å². The number of aromatic amines is 1. The molecule has 0 spiro atoms. The lowest BCUT2D eigenvalue weighted by Crippen LogP contribution is -2.07. The number of allylic oxidation sites excluding steroid dienone is 1. The maximum atomic E-state index is 14.4. The van der Waals surface area contributed by atoms with Crippen LogP contribution in [0.5, 0.6) is 5.75 Å². The molecule has 0 saturated carbocycles. The maximum absolute atomic E-state index is 14.4. The van der Waals surface area contributed by atoms with E-state index in [4.69, 9.17) is 14.2 Å². The summed E-state index contributed by atoms with van der Waals surface area (Å²) < 4.78 is 27.5. The number of hydrogen-bond donors (Lipinski definition) is 1. The zero-order chi connectivity index (χ0) is 25.5. The van der Waals surface area contributed by atoms with Gasteiger partial charge in [0.2, 0.25) is 0 Å². The number of fused-ring (bicyclic) bond motifs is 3. The normalized spacial score (nSPS) is 14.1. The number of nitrogens with zero attached hydrogens (tertiary/aromatic N) is 3. The average Bonchev–Trinajstić information content (AvgIpc) is 3.43. The van der Waals surface area contributed by atoms with E-state index in [9.17, 15) is 9.18 Å². The summed E-state index contributed by atoms with van der Waals surface area (Å²) in [4.78, 5) is 19.1. The minimum Gasteiger partial charge on any atom is -0.488 e. The maximum Gasteiger partial charge on any atom is 0.439 e. The Kier molecular flexibility index (Phi) is 5.71. The fourth-order valence-electron chi connectivity index (χ4n) is 5.05. The molecule has 0 fully saturated rings. The Hall–Kier alpha value is -4.46. The largest absolute Gasteiger partial charge is 0.488 e. The molecule has 0 atom stereocenters. The monoisotopic (exact) mass is 496 g/mol. The Bertz CT molecular complexity index is 1730. The van der Waals surface area contributed by atoms with Crippen LogP contribution in [0.1, 0.15) is 54.2 Å². The first-order valence-corrected chi connectivity index (χ1v) is 12.3. The summed E-state index contributed by atoms with van der Waals surface area (Å²) >= 11 is 0. The summed E-state index contributed by atoms with van der Waals surface area (Å²) in [7, 11) is 0. The molecule has 5 aromatic rings. The number of nitrogens with one attached hydrogen (secondary N) is 1. The van der Waals surface area contributed by atoms with Gasteiger partial charge in [0.1, 0.15) is 24.0 Å². The molecule has 3 aromatic carbocycles. The molecule has 6 rings (SSSR count). The van der Waals surface area contributed by atoms with Gasteiger partial charge >= 0.3 is 5.76 Å². The van der Waals surface area contributed by atoms with Gasteiger partial charge in [0.15, 0.2) is 5.82 Å². The third-order valence-corrected chi connectivity index (χ3v) is 6.75. The van der Waals surface area contributed by atoms with Gasteiger partial charge in [0.25, 0.3) is 0 Å². The van der Waals surface area contributed by atoms with Crippen molar-refractivity contribution in [3.8, 4) is 5.75 Å². The number of imidazole rings is 1. The third kappa shape index (κ3) is 4.14. The molecule has 37 heavy (non-hydrogen) atoms. The highest BCUT2D eigenvalue weighted by Gasteiger charge is 2.24. The zero-order valence-corrected chi connectivity index (χ0v) is 20.5. The number of benzene rings is 3. The second-order valence-electron chi connectivity index (χ2n) is 9.22. The van der Waals surface area contributed by atoms with Crippen molar-refractivity contribution in [3.63, 3.8) is 0 Å². The van der Waals surface area contributed by atoms with E-state index in [2.05, 4.69) is 39.8 Å². The van der Waals surface area contributed by atoms with Gasteiger partial charge in [-0.15, -0.1) is 0 Å². The summed E-state index contributed by atoms with van der Waals surface area (Å²) in [6, 6.07) is 18.9. The van der Waals surface area contributed by atoms with E-state index in [-0.39, 0.29) is 5.82 Å². The van der Waals surface area contributed by atoms with Crippen molar-refractivity contribution in [1.29, 1.82) is 0 Å². The van der Waals surface area contributed by atoms with E-state index in [1.54, 1.807) is 6.07 Å². The number of halogens is 1. The highest BCUT2D eigenvalue weighted by atomic mass is 19.1. The molecule has 0 aliphatic carbocycles. The van der Waals surface area contributed by atoms with Crippen molar-refractivity contribution in [1.82, 2.24) is 19.7 Å². The Morgan fingerprint density at radius 2 is 1.97 bits per heavy atom. The highest BCUT2D eigenvalue weighted by Crippen LogP contribution is 2.41. The molecule has 0 radical (unpaired) electrons. The van der Waals surface area contributed by atoms with Gasteiger partial charge in [-0.2, -0.15) is 0 Å². The van der Waals surface area contributed by atoms with Crippen LogP contribution >= 0.6 is 0 Å². The molecule has 7 nitrogen and oxygen atoms in total. The summed E-state index contributed by atoms with van der Waals surface area (Å²) in [5.74, 6) is 0.887. The molecule has 1 aliphatic heterocycles. The van der Waals surface area contributed by atoms with Gasteiger partial charge in [-0.25, -0.2) is 14.2 Å².